The zero-order valence-electron chi connectivity index (χ0n) is 13.8. The van der Waals surface area contributed by atoms with E-state index in [2.05, 4.69) is 11.4 Å². The first kappa shape index (κ1) is 19.5. The summed E-state index contributed by atoms with van der Waals surface area (Å²) in [5, 5.41) is 3.88. The van der Waals surface area contributed by atoms with Crippen LogP contribution in [0.2, 0.25) is 5.02 Å². The molecule has 2 fully saturated rings. The summed E-state index contributed by atoms with van der Waals surface area (Å²) in [7, 11) is 0. The number of hydrogen-bond donors (Lipinski definition) is 2. The third-order valence-corrected chi connectivity index (χ3v) is 5.50. The van der Waals surface area contributed by atoms with Crippen LogP contribution in [0.15, 0.2) is 24.3 Å². The summed E-state index contributed by atoms with van der Waals surface area (Å²) in [6.45, 7) is 1.13. The Labute approximate surface area is 154 Å². The van der Waals surface area contributed by atoms with Gasteiger partial charge in [-0.05, 0) is 43.4 Å². The van der Waals surface area contributed by atoms with Crippen LogP contribution < -0.4 is 11.1 Å². The monoisotopic (exact) mass is 372 g/mol. The molecular formula is C18H26Cl2N2O2. The van der Waals surface area contributed by atoms with Gasteiger partial charge in [0.2, 0.25) is 5.91 Å². The fourth-order valence-corrected chi connectivity index (χ4v) is 4.07. The highest BCUT2D eigenvalue weighted by Gasteiger charge is 2.37. The number of amides is 1. The lowest BCUT2D eigenvalue weighted by molar-refractivity contribution is -0.132. The van der Waals surface area contributed by atoms with Gasteiger partial charge < -0.3 is 15.8 Å². The summed E-state index contributed by atoms with van der Waals surface area (Å²) in [4.78, 5) is 12.4. The van der Waals surface area contributed by atoms with Gasteiger partial charge in [0, 0.05) is 23.5 Å². The Morgan fingerprint density at radius 3 is 2.71 bits per heavy atom. The number of hydrogen-bond acceptors (Lipinski definition) is 3. The Bertz CT molecular complexity index is 562. The summed E-state index contributed by atoms with van der Waals surface area (Å²) in [5.74, 6) is -0.00532. The predicted molar refractivity (Wildman–Crippen MR) is 98.8 cm³/mol. The molecule has 1 aliphatic heterocycles. The summed E-state index contributed by atoms with van der Waals surface area (Å²) < 4.78 is 5.69. The molecule has 1 amide bonds. The van der Waals surface area contributed by atoms with E-state index >= 15 is 0 Å². The van der Waals surface area contributed by atoms with Crippen molar-refractivity contribution in [3.05, 3.63) is 34.9 Å². The third-order valence-electron chi connectivity index (χ3n) is 5.26. The zero-order chi connectivity index (χ0) is 16.3. The number of nitrogens with one attached hydrogen (secondary N) is 1. The fraction of sp³-hybridized carbons (Fsp3) is 0.611. The van der Waals surface area contributed by atoms with E-state index in [0.717, 1.165) is 30.7 Å². The SMILES string of the molecule is Cl.NC[C@H]1CC[C@@H](C(=O)NCC2(c3cccc(Cl)c3)CCCC2)O1. The largest absolute Gasteiger partial charge is 0.364 e. The van der Waals surface area contributed by atoms with E-state index in [1.807, 2.05) is 18.2 Å². The van der Waals surface area contributed by atoms with Crippen molar-refractivity contribution >= 4 is 29.9 Å². The zero-order valence-corrected chi connectivity index (χ0v) is 15.4. The van der Waals surface area contributed by atoms with Crippen molar-refractivity contribution in [1.82, 2.24) is 5.32 Å². The lowest BCUT2D eigenvalue weighted by Gasteiger charge is -2.30. The molecule has 0 unspecified atom stereocenters. The Kier molecular flexibility index (Phi) is 6.93. The maximum absolute atomic E-state index is 12.4. The molecule has 1 saturated heterocycles. The number of carbonyl (C=O) groups excluding carboxylic acids is 1. The molecule has 2 aliphatic rings. The van der Waals surface area contributed by atoms with Gasteiger partial charge in [0.05, 0.1) is 6.10 Å². The van der Waals surface area contributed by atoms with E-state index in [-0.39, 0.29) is 35.9 Å². The minimum absolute atomic E-state index is 0. The molecule has 1 aromatic carbocycles. The molecule has 2 atom stereocenters. The number of carbonyl (C=O) groups is 1. The second-order valence-electron chi connectivity index (χ2n) is 6.78. The topological polar surface area (TPSA) is 64.4 Å². The van der Waals surface area contributed by atoms with Crippen molar-refractivity contribution < 1.29 is 9.53 Å². The van der Waals surface area contributed by atoms with Crippen LogP contribution in [0, 0.1) is 0 Å². The first-order chi connectivity index (χ1) is 11.1. The van der Waals surface area contributed by atoms with Gasteiger partial charge in [0.1, 0.15) is 6.10 Å². The number of benzene rings is 1. The van der Waals surface area contributed by atoms with E-state index in [9.17, 15) is 4.79 Å². The van der Waals surface area contributed by atoms with E-state index in [0.29, 0.717) is 13.1 Å². The van der Waals surface area contributed by atoms with E-state index in [1.54, 1.807) is 0 Å². The molecule has 134 valence electrons. The van der Waals surface area contributed by atoms with Crippen LogP contribution in [-0.2, 0) is 14.9 Å². The van der Waals surface area contributed by atoms with Crippen LogP contribution in [0.5, 0.6) is 0 Å². The molecule has 4 nitrogen and oxygen atoms in total. The van der Waals surface area contributed by atoms with Gasteiger partial charge in [-0.25, -0.2) is 0 Å². The smallest absolute Gasteiger partial charge is 0.249 e. The van der Waals surface area contributed by atoms with Gasteiger partial charge >= 0.3 is 0 Å². The summed E-state index contributed by atoms with van der Waals surface area (Å²) in [6, 6.07) is 8.05. The minimum atomic E-state index is -0.346. The van der Waals surface area contributed by atoms with Gasteiger partial charge in [-0.1, -0.05) is 36.6 Å². The highest BCUT2D eigenvalue weighted by Crippen LogP contribution is 2.41. The molecule has 0 radical (unpaired) electrons. The Balaban J connectivity index is 0.00000208. The Hall–Kier alpha value is -0.810. The van der Waals surface area contributed by atoms with Gasteiger partial charge in [-0.2, -0.15) is 0 Å². The van der Waals surface area contributed by atoms with Crippen molar-refractivity contribution in [3.8, 4) is 0 Å². The fourth-order valence-electron chi connectivity index (χ4n) is 3.88. The highest BCUT2D eigenvalue weighted by molar-refractivity contribution is 6.30. The standard InChI is InChI=1S/C18H25ClN2O2.ClH/c19-14-5-3-4-13(10-14)18(8-1-2-9-18)12-21-17(22)16-7-6-15(11-20)23-16;/h3-5,10,15-16H,1-2,6-9,11-12,20H2,(H,21,22);1H/t15-,16+;/m1./s1. The maximum Gasteiger partial charge on any atom is 0.249 e. The molecule has 24 heavy (non-hydrogen) atoms. The molecule has 3 N–H and O–H groups in total. The molecule has 6 heteroatoms. The van der Waals surface area contributed by atoms with Crippen LogP contribution in [0.3, 0.4) is 0 Å². The molecule has 1 aromatic rings. The van der Waals surface area contributed by atoms with Crippen LogP contribution in [-0.4, -0.2) is 31.2 Å². The molecule has 1 aliphatic carbocycles. The molecular weight excluding hydrogens is 347 g/mol. The van der Waals surface area contributed by atoms with Crippen molar-refractivity contribution in [2.45, 2.75) is 56.1 Å². The Morgan fingerprint density at radius 2 is 2.08 bits per heavy atom. The first-order valence-electron chi connectivity index (χ1n) is 8.52. The first-order valence-corrected chi connectivity index (χ1v) is 8.90. The Morgan fingerprint density at radius 1 is 1.33 bits per heavy atom. The van der Waals surface area contributed by atoms with E-state index in [1.165, 1.54) is 18.4 Å². The maximum atomic E-state index is 12.4. The second-order valence-corrected chi connectivity index (χ2v) is 7.21. The second kappa shape index (κ2) is 8.52. The summed E-state index contributed by atoms with van der Waals surface area (Å²) >= 11 is 6.16. The van der Waals surface area contributed by atoms with E-state index in [4.69, 9.17) is 22.1 Å². The number of nitrogens with two attached hydrogens (primary N) is 1. The van der Waals surface area contributed by atoms with Crippen LogP contribution in [0.25, 0.3) is 0 Å². The minimum Gasteiger partial charge on any atom is -0.364 e. The van der Waals surface area contributed by atoms with Crippen molar-refractivity contribution in [1.29, 1.82) is 0 Å². The molecule has 1 saturated carbocycles. The van der Waals surface area contributed by atoms with Crippen LogP contribution >= 0.6 is 24.0 Å². The quantitative estimate of drug-likeness (QED) is 0.833. The van der Waals surface area contributed by atoms with Crippen molar-refractivity contribution in [2.75, 3.05) is 13.1 Å². The van der Waals surface area contributed by atoms with E-state index < -0.39 is 0 Å². The van der Waals surface area contributed by atoms with Gasteiger partial charge in [0.25, 0.3) is 0 Å². The van der Waals surface area contributed by atoms with Gasteiger partial charge in [-0.3, -0.25) is 4.79 Å². The molecule has 0 spiro atoms. The average molecular weight is 373 g/mol. The normalized spacial score (nSPS) is 25.2. The van der Waals surface area contributed by atoms with Crippen LogP contribution in [0.4, 0.5) is 0 Å². The number of ether oxygens (including phenoxy) is 1. The molecule has 0 aromatic heterocycles. The summed E-state index contributed by atoms with van der Waals surface area (Å²) in [6.07, 6.45) is 5.87. The number of rotatable bonds is 5. The molecule has 0 bridgehead atoms. The van der Waals surface area contributed by atoms with Crippen molar-refractivity contribution in [2.24, 2.45) is 5.73 Å². The third kappa shape index (κ3) is 4.23. The molecule has 3 rings (SSSR count). The highest BCUT2D eigenvalue weighted by atomic mass is 35.5. The average Bonchev–Trinajstić information content (AvgIpc) is 3.23. The summed E-state index contributed by atoms with van der Waals surface area (Å²) in [5.41, 5.74) is 6.85. The van der Waals surface area contributed by atoms with Crippen LogP contribution in [0.1, 0.15) is 44.1 Å². The van der Waals surface area contributed by atoms with Gasteiger partial charge in [0.15, 0.2) is 0 Å². The van der Waals surface area contributed by atoms with Crippen molar-refractivity contribution in [3.63, 3.8) is 0 Å². The predicted octanol–water partition coefficient (Wildman–Crippen LogP) is 3.20. The number of halogens is 2. The lowest BCUT2D eigenvalue weighted by Crippen LogP contribution is -2.43. The lowest BCUT2D eigenvalue weighted by atomic mass is 9.79. The molecule has 1 heterocycles. The van der Waals surface area contributed by atoms with Gasteiger partial charge in [-0.15, -0.1) is 12.4 Å².